The Labute approximate surface area is 85.3 Å². The first kappa shape index (κ1) is 11.2. The lowest BCUT2D eigenvalue weighted by atomic mass is 10.1. The molecule has 0 aliphatic carbocycles. The fourth-order valence-corrected chi connectivity index (χ4v) is 1.26. The number of alkyl halides is 1. The van der Waals surface area contributed by atoms with Gasteiger partial charge in [0.1, 0.15) is 5.67 Å². The van der Waals surface area contributed by atoms with Gasteiger partial charge in [0.2, 0.25) is 0 Å². The molecule has 1 rings (SSSR count). The van der Waals surface area contributed by atoms with E-state index in [1.54, 1.807) is 13.8 Å². The summed E-state index contributed by atoms with van der Waals surface area (Å²) in [6.07, 6.45) is 0. The van der Waals surface area contributed by atoms with Crippen molar-refractivity contribution < 1.29 is 4.39 Å². The Morgan fingerprint density at radius 2 is 1.86 bits per heavy atom. The van der Waals surface area contributed by atoms with Crippen LogP contribution >= 0.6 is 0 Å². The van der Waals surface area contributed by atoms with Gasteiger partial charge in [-0.1, -0.05) is 30.3 Å². The number of nitrogens with one attached hydrogen (secondary N) is 1. The molecule has 2 heteroatoms. The van der Waals surface area contributed by atoms with Gasteiger partial charge in [0.05, 0.1) is 0 Å². The quantitative estimate of drug-likeness (QED) is 0.778. The van der Waals surface area contributed by atoms with Crippen molar-refractivity contribution >= 4 is 0 Å². The van der Waals surface area contributed by atoms with Crippen LogP contribution in [-0.4, -0.2) is 12.2 Å². The number of halogens is 1. The van der Waals surface area contributed by atoms with E-state index in [1.807, 2.05) is 37.3 Å². The summed E-state index contributed by atoms with van der Waals surface area (Å²) in [6, 6.07) is 10.3. The van der Waals surface area contributed by atoms with Gasteiger partial charge in [0, 0.05) is 12.6 Å². The molecule has 0 aliphatic rings. The molecule has 0 radical (unpaired) electrons. The van der Waals surface area contributed by atoms with Crippen molar-refractivity contribution in [1.29, 1.82) is 0 Å². The second-order valence-electron chi connectivity index (χ2n) is 4.23. The monoisotopic (exact) mass is 195 g/mol. The van der Waals surface area contributed by atoms with Gasteiger partial charge in [-0.05, 0) is 26.3 Å². The van der Waals surface area contributed by atoms with Crippen LogP contribution in [0.4, 0.5) is 4.39 Å². The molecule has 0 saturated heterocycles. The van der Waals surface area contributed by atoms with Crippen LogP contribution in [0, 0.1) is 0 Å². The van der Waals surface area contributed by atoms with Crippen LogP contribution in [0.15, 0.2) is 30.3 Å². The number of rotatable bonds is 4. The van der Waals surface area contributed by atoms with E-state index in [-0.39, 0.29) is 6.04 Å². The summed E-state index contributed by atoms with van der Waals surface area (Å²) in [5, 5.41) is 3.16. The van der Waals surface area contributed by atoms with Crippen molar-refractivity contribution in [2.75, 3.05) is 6.54 Å². The average Bonchev–Trinajstić information content (AvgIpc) is 2.14. The van der Waals surface area contributed by atoms with Crippen molar-refractivity contribution in [1.82, 2.24) is 5.32 Å². The number of benzene rings is 1. The molecule has 0 fully saturated rings. The minimum absolute atomic E-state index is 0.200. The molecule has 14 heavy (non-hydrogen) atoms. The fourth-order valence-electron chi connectivity index (χ4n) is 1.26. The van der Waals surface area contributed by atoms with Gasteiger partial charge in [0.15, 0.2) is 0 Å². The Morgan fingerprint density at radius 3 is 2.36 bits per heavy atom. The highest BCUT2D eigenvalue weighted by Crippen LogP contribution is 2.13. The van der Waals surface area contributed by atoms with E-state index in [0.29, 0.717) is 6.54 Å². The zero-order valence-corrected chi connectivity index (χ0v) is 9.05. The molecular formula is C12H18FN. The third-order valence-electron chi connectivity index (χ3n) is 2.13. The zero-order chi connectivity index (χ0) is 10.6. The highest BCUT2D eigenvalue weighted by atomic mass is 19.1. The summed E-state index contributed by atoms with van der Waals surface area (Å²) in [5.41, 5.74) is 0.0417. The molecular weight excluding hydrogens is 177 g/mol. The first-order valence-electron chi connectivity index (χ1n) is 4.96. The van der Waals surface area contributed by atoms with Crippen LogP contribution in [0.5, 0.6) is 0 Å². The summed E-state index contributed by atoms with van der Waals surface area (Å²) in [4.78, 5) is 0. The van der Waals surface area contributed by atoms with Gasteiger partial charge in [-0.3, -0.25) is 0 Å². The Bertz CT molecular complexity index is 263. The smallest absolute Gasteiger partial charge is 0.117 e. The first-order valence-corrected chi connectivity index (χ1v) is 4.96. The van der Waals surface area contributed by atoms with Gasteiger partial charge < -0.3 is 5.32 Å². The van der Waals surface area contributed by atoms with E-state index in [4.69, 9.17) is 0 Å². The van der Waals surface area contributed by atoms with Crippen LogP contribution in [0.3, 0.4) is 0 Å². The lowest BCUT2D eigenvalue weighted by Crippen LogP contribution is -2.32. The molecule has 1 aromatic carbocycles. The third kappa shape index (κ3) is 3.88. The van der Waals surface area contributed by atoms with Crippen LogP contribution < -0.4 is 5.32 Å². The van der Waals surface area contributed by atoms with Gasteiger partial charge in [0.25, 0.3) is 0 Å². The highest BCUT2D eigenvalue weighted by Gasteiger charge is 2.16. The van der Waals surface area contributed by atoms with E-state index < -0.39 is 5.67 Å². The second kappa shape index (κ2) is 4.56. The van der Waals surface area contributed by atoms with Gasteiger partial charge in [-0.25, -0.2) is 4.39 Å². The molecule has 0 amide bonds. The van der Waals surface area contributed by atoms with E-state index in [2.05, 4.69) is 5.32 Å². The Balaban J connectivity index is 2.48. The summed E-state index contributed by atoms with van der Waals surface area (Å²) >= 11 is 0. The predicted octanol–water partition coefficient (Wildman–Crippen LogP) is 3.09. The van der Waals surface area contributed by atoms with Crippen LogP contribution in [-0.2, 0) is 0 Å². The minimum Gasteiger partial charge on any atom is -0.307 e. The van der Waals surface area contributed by atoms with Crippen LogP contribution in [0.1, 0.15) is 32.4 Å². The van der Waals surface area contributed by atoms with E-state index in [0.717, 1.165) is 0 Å². The molecule has 1 unspecified atom stereocenters. The molecule has 78 valence electrons. The maximum absolute atomic E-state index is 13.2. The largest absolute Gasteiger partial charge is 0.307 e. The van der Waals surface area contributed by atoms with E-state index in [1.165, 1.54) is 5.56 Å². The minimum atomic E-state index is -1.15. The summed E-state index contributed by atoms with van der Waals surface area (Å²) in [5.74, 6) is 0. The fraction of sp³-hybridized carbons (Fsp3) is 0.500. The molecule has 1 aromatic rings. The van der Waals surface area contributed by atoms with Crippen molar-refractivity contribution in [3.05, 3.63) is 35.9 Å². The molecule has 0 bridgehead atoms. The molecule has 1 N–H and O–H groups in total. The van der Waals surface area contributed by atoms with Crippen molar-refractivity contribution in [2.24, 2.45) is 0 Å². The maximum atomic E-state index is 13.2. The van der Waals surface area contributed by atoms with Crippen LogP contribution in [0.2, 0.25) is 0 Å². The number of hydrogen-bond donors (Lipinski definition) is 1. The Kier molecular flexibility index (Phi) is 3.64. The normalized spacial score (nSPS) is 14.0. The molecule has 1 nitrogen and oxygen atoms in total. The topological polar surface area (TPSA) is 12.0 Å². The molecule has 0 saturated carbocycles. The predicted molar refractivity (Wildman–Crippen MR) is 58.0 cm³/mol. The average molecular weight is 195 g/mol. The molecule has 0 aliphatic heterocycles. The van der Waals surface area contributed by atoms with Gasteiger partial charge in [-0.2, -0.15) is 0 Å². The molecule has 1 atom stereocenters. The van der Waals surface area contributed by atoms with Crippen molar-refractivity contribution in [2.45, 2.75) is 32.5 Å². The Hall–Kier alpha value is -0.890. The standard InChI is InChI=1S/C12H18FN/c1-10(14-9-12(2,3)13)11-7-5-4-6-8-11/h4-8,10,14H,9H2,1-3H3. The first-order chi connectivity index (χ1) is 6.49. The van der Waals surface area contributed by atoms with Crippen LogP contribution in [0.25, 0.3) is 0 Å². The van der Waals surface area contributed by atoms with Gasteiger partial charge >= 0.3 is 0 Å². The van der Waals surface area contributed by atoms with Crippen molar-refractivity contribution in [3.63, 3.8) is 0 Å². The van der Waals surface area contributed by atoms with Crippen molar-refractivity contribution in [3.8, 4) is 0 Å². The SMILES string of the molecule is CC(NCC(C)(C)F)c1ccccc1. The second-order valence-corrected chi connectivity index (χ2v) is 4.23. The molecule has 0 heterocycles. The summed E-state index contributed by atoms with van der Waals surface area (Å²) < 4.78 is 13.2. The highest BCUT2D eigenvalue weighted by molar-refractivity contribution is 5.18. The maximum Gasteiger partial charge on any atom is 0.117 e. The molecule has 0 spiro atoms. The number of hydrogen-bond acceptors (Lipinski definition) is 1. The molecule has 0 aromatic heterocycles. The Morgan fingerprint density at radius 1 is 1.29 bits per heavy atom. The van der Waals surface area contributed by atoms with E-state index >= 15 is 0 Å². The van der Waals surface area contributed by atoms with E-state index in [9.17, 15) is 4.39 Å². The zero-order valence-electron chi connectivity index (χ0n) is 9.05. The lowest BCUT2D eigenvalue weighted by molar-refractivity contribution is 0.204. The lowest BCUT2D eigenvalue weighted by Gasteiger charge is -2.19. The van der Waals surface area contributed by atoms with Gasteiger partial charge in [-0.15, -0.1) is 0 Å². The summed E-state index contributed by atoms with van der Waals surface area (Å²) in [7, 11) is 0. The summed E-state index contributed by atoms with van der Waals surface area (Å²) in [6.45, 7) is 5.58. The third-order valence-corrected chi connectivity index (χ3v) is 2.13.